The number of rotatable bonds is 7. The lowest BCUT2D eigenvalue weighted by Crippen LogP contribution is -2.41. The number of ether oxygens (including phenoxy) is 1. The van der Waals surface area contributed by atoms with Gasteiger partial charge in [-0.05, 0) is 81.0 Å². The molecule has 0 bridgehead atoms. The highest BCUT2D eigenvalue weighted by Crippen LogP contribution is 2.47. The number of halogens is 4. The van der Waals surface area contributed by atoms with Gasteiger partial charge in [-0.3, -0.25) is 4.79 Å². The number of nitrogens with zero attached hydrogens (tertiary/aromatic N) is 3. The number of benzene rings is 1. The van der Waals surface area contributed by atoms with Gasteiger partial charge in [0, 0.05) is 36.8 Å². The monoisotopic (exact) mass is 536 g/mol. The van der Waals surface area contributed by atoms with Crippen molar-refractivity contribution in [1.82, 2.24) is 9.78 Å². The Kier molecular flexibility index (Phi) is 6.63. The molecule has 2 aromatic rings. The van der Waals surface area contributed by atoms with E-state index in [1.165, 1.54) is 23.2 Å². The van der Waals surface area contributed by atoms with E-state index in [1.807, 2.05) is 0 Å². The number of hydrogen-bond donors (Lipinski definition) is 1. The molecular formula is C27H32ClF3N4O2. The van der Waals surface area contributed by atoms with E-state index >= 15 is 0 Å². The van der Waals surface area contributed by atoms with Gasteiger partial charge >= 0.3 is 6.18 Å². The van der Waals surface area contributed by atoms with Gasteiger partial charge in [-0.2, -0.15) is 18.3 Å². The van der Waals surface area contributed by atoms with Crippen molar-refractivity contribution in [1.29, 1.82) is 0 Å². The fourth-order valence-electron chi connectivity index (χ4n) is 6.29. The lowest BCUT2D eigenvalue weighted by Gasteiger charge is -2.39. The van der Waals surface area contributed by atoms with Crippen LogP contribution in [-0.4, -0.2) is 41.6 Å². The largest absolute Gasteiger partial charge is 0.416 e. The van der Waals surface area contributed by atoms with Gasteiger partial charge in [0.05, 0.1) is 30.1 Å². The molecule has 4 aliphatic rings. The van der Waals surface area contributed by atoms with E-state index in [1.54, 1.807) is 18.3 Å². The summed E-state index contributed by atoms with van der Waals surface area (Å²) in [7, 11) is 0. The van der Waals surface area contributed by atoms with Gasteiger partial charge in [0.15, 0.2) is 0 Å². The fourth-order valence-corrected chi connectivity index (χ4v) is 6.49. The Morgan fingerprint density at radius 2 is 1.73 bits per heavy atom. The minimum atomic E-state index is -4.34. The second kappa shape index (κ2) is 9.80. The number of fused-ring (bicyclic) bond motifs is 1. The molecule has 0 radical (unpaired) electrons. The number of hydrogen-bond acceptors (Lipinski definition) is 5. The van der Waals surface area contributed by atoms with Crippen LogP contribution < -0.4 is 15.8 Å². The topological polar surface area (TPSA) is 59.4 Å². The normalized spacial score (nSPS) is 29.5. The van der Waals surface area contributed by atoms with Crippen LogP contribution in [-0.2, 0) is 10.9 Å². The van der Waals surface area contributed by atoms with Gasteiger partial charge in [-0.15, -0.1) is 0 Å². The van der Waals surface area contributed by atoms with Crippen LogP contribution in [0.2, 0.25) is 5.02 Å². The lowest BCUT2D eigenvalue weighted by molar-refractivity contribution is -0.137. The fraction of sp³-hybridized carbons (Fsp3) is 0.630. The molecule has 37 heavy (non-hydrogen) atoms. The Hall–Kier alpha value is -2.26. The molecule has 3 atom stereocenters. The van der Waals surface area contributed by atoms with Crippen LogP contribution in [0.1, 0.15) is 56.6 Å². The van der Waals surface area contributed by atoms with Gasteiger partial charge in [-0.1, -0.05) is 11.6 Å². The molecule has 2 heterocycles. The molecule has 1 saturated heterocycles. The summed E-state index contributed by atoms with van der Waals surface area (Å²) in [6.45, 7) is 2.33. The Morgan fingerprint density at radius 1 is 1.05 bits per heavy atom. The van der Waals surface area contributed by atoms with Gasteiger partial charge in [0.25, 0.3) is 5.56 Å². The van der Waals surface area contributed by atoms with E-state index in [-0.39, 0.29) is 22.7 Å². The van der Waals surface area contributed by atoms with Crippen molar-refractivity contribution >= 4 is 23.0 Å². The lowest BCUT2D eigenvalue weighted by atomic mass is 9.89. The van der Waals surface area contributed by atoms with Crippen molar-refractivity contribution in [2.45, 2.75) is 69.2 Å². The predicted molar refractivity (Wildman–Crippen MR) is 136 cm³/mol. The standard InChI is InChI=1S/C27H32ClF3N4O2/c28-25-24(32-12-17-15-37-14-16-11-23(16)17)13-33-35(26(25)36)22-9-7-21(8-10-22)34(20-5-6-20)19-3-1-18(2-4-19)27(29,30)31/h1-4,13,16-17,20-23,32H,5-12,14-15H2/t16?,17-,21-,22-,23-/m1/s1. The second-order valence-electron chi connectivity index (χ2n) is 11.1. The Balaban J connectivity index is 1.09. The van der Waals surface area contributed by atoms with Crippen LogP contribution in [0.25, 0.3) is 0 Å². The van der Waals surface area contributed by atoms with Crippen molar-refractivity contribution in [2.24, 2.45) is 17.8 Å². The first kappa shape index (κ1) is 25.0. The minimum Gasteiger partial charge on any atom is -0.382 e. The summed E-state index contributed by atoms with van der Waals surface area (Å²) in [6.07, 6.45) is 3.89. The molecule has 0 amide bonds. The summed E-state index contributed by atoms with van der Waals surface area (Å²) in [4.78, 5) is 15.4. The molecule has 1 aromatic carbocycles. The zero-order valence-corrected chi connectivity index (χ0v) is 21.3. The Labute approximate surface area is 219 Å². The zero-order valence-electron chi connectivity index (χ0n) is 20.6. The van der Waals surface area contributed by atoms with Gasteiger partial charge < -0.3 is 15.0 Å². The summed E-state index contributed by atoms with van der Waals surface area (Å²) in [5.41, 5.74) is 0.510. The summed E-state index contributed by atoms with van der Waals surface area (Å²) in [6, 6.07) is 6.09. The molecule has 1 aromatic heterocycles. The van der Waals surface area contributed by atoms with Gasteiger partial charge in [0.2, 0.25) is 0 Å². The quantitative estimate of drug-likeness (QED) is 0.487. The first-order valence-corrected chi connectivity index (χ1v) is 13.7. The molecule has 0 spiro atoms. The third-order valence-electron chi connectivity index (χ3n) is 8.58. The molecule has 200 valence electrons. The third-order valence-corrected chi connectivity index (χ3v) is 8.95. The molecule has 10 heteroatoms. The maximum absolute atomic E-state index is 13.1. The van der Waals surface area contributed by atoms with E-state index < -0.39 is 11.7 Å². The Morgan fingerprint density at radius 3 is 2.38 bits per heavy atom. The number of anilines is 2. The van der Waals surface area contributed by atoms with Crippen LogP contribution in [0.4, 0.5) is 24.5 Å². The van der Waals surface area contributed by atoms with Crippen molar-refractivity contribution in [3.05, 3.63) is 51.4 Å². The SMILES string of the molecule is O=c1c(Cl)c(NC[C@@H]2COCC3C[C@H]32)cnn1[C@H]1CC[C@H](N(c2ccc(C(F)(F)F)cc2)C2CC2)CC1. The highest BCUT2D eigenvalue weighted by molar-refractivity contribution is 6.32. The van der Waals surface area contributed by atoms with Crippen LogP contribution in [0.15, 0.2) is 35.3 Å². The van der Waals surface area contributed by atoms with Crippen LogP contribution in [0, 0.1) is 17.8 Å². The molecule has 6 rings (SSSR count). The summed E-state index contributed by atoms with van der Waals surface area (Å²) < 4.78 is 46.2. The van der Waals surface area contributed by atoms with E-state index in [2.05, 4.69) is 15.3 Å². The van der Waals surface area contributed by atoms with Crippen LogP contribution in [0.3, 0.4) is 0 Å². The minimum absolute atomic E-state index is 0.0390. The molecule has 1 aliphatic heterocycles. The summed E-state index contributed by atoms with van der Waals surface area (Å²) in [5.74, 6) is 1.83. The summed E-state index contributed by atoms with van der Waals surface area (Å²) >= 11 is 6.48. The molecular weight excluding hydrogens is 505 g/mol. The van der Waals surface area contributed by atoms with E-state index in [4.69, 9.17) is 16.3 Å². The highest BCUT2D eigenvalue weighted by atomic mass is 35.5. The van der Waals surface area contributed by atoms with Crippen molar-refractivity contribution in [2.75, 3.05) is 30.0 Å². The smallest absolute Gasteiger partial charge is 0.382 e. The third kappa shape index (κ3) is 5.21. The van der Waals surface area contributed by atoms with Crippen molar-refractivity contribution < 1.29 is 17.9 Å². The molecule has 3 aliphatic carbocycles. The molecule has 1 unspecified atom stereocenters. The zero-order chi connectivity index (χ0) is 25.7. The van der Waals surface area contributed by atoms with Crippen LogP contribution >= 0.6 is 11.6 Å². The highest BCUT2D eigenvalue weighted by Gasteiger charge is 2.46. The second-order valence-corrected chi connectivity index (χ2v) is 11.5. The van der Waals surface area contributed by atoms with Gasteiger partial charge in [0.1, 0.15) is 5.02 Å². The number of alkyl halides is 3. The summed E-state index contributed by atoms with van der Waals surface area (Å²) in [5, 5.41) is 7.96. The van der Waals surface area contributed by atoms with E-state index in [0.29, 0.717) is 29.5 Å². The number of aromatic nitrogens is 2. The first-order chi connectivity index (χ1) is 17.8. The van der Waals surface area contributed by atoms with E-state index in [0.717, 1.165) is 64.0 Å². The predicted octanol–water partition coefficient (Wildman–Crippen LogP) is 5.76. The molecule has 6 nitrogen and oxygen atoms in total. The molecule has 1 N–H and O–H groups in total. The van der Waals surface area contributed by atoms with E-state index in [9.17, 15) is 18.0 Å². The molecule has 3 saturated carbocycles. The average molecular weight is 537 g/mol. The van der Waals surface area contributed by atoms with Crippen molar-refractivity contribution in [3.63, 3.8) is 0 Å². The average Bonchev–Trinajstić information content (AvgIpc) is 3.81. The maximum Gasteiger partial charge on any atom is 0.416 e. The maximum atomic E-state index is 13.1. The van der Waals surface area contributed by atoms with Crippen molar-refractivity contribution in [3.8, 4) is 0 Å². The first-order valence-electron chi connectivity index (χ1n) is 13.3. The van der Waals surface area contributed by atoms with Crippen LogP contribution in [0.5, 0.6) is 0 Å². The number of nitrogens with one attached hydrogen (secondary N) is 1. The molecule has 4 fully saturated rings. The van der Waals surface area contributed by atoms with Gasteiger partial charge in [-0.25, -0.2) is 4.68 Å². The Bertz CT molecular complexity index is 1180.